The molecule has 0 unspecified atom stereocenters. The summed E-state index contributed by atoms with van der Waals surface area (Å²) in [5.41, 5.74) is 7.12. The molecular formula is C11H17N3. The van der Waals surface area contributed by atoms with Crippen molar-refractivity contribution < 1.29 is 0 Å². The normalized spacial score (nSPS) is 13.3. The maximum atomic E-state index is 5.69. The van der Waals surface area contributed by atoms with E-state index in [4.69, 9.17) is 5.73 Å². The zero-order chi connectivity index (χ0) is 11.0. The molecule has 0 saturated heterocycles. The van der Waals surface area contributed by atoms with E-state index in [1.807, 2.05) is 6.92 Å². The average Bonchev–Trinajstić information content (AvgIpc) is 2.12. The zero-order valence-electron chi connectivity index (χ0n) is 8.83. The summed E-state index contributed by atoms with van der Waals surface area (Å²) in [5.74, 6) is 0.389. The summed E-state index contributed by atoms with van der Waals surface area (Å²) in [6.07, 6.45) is 5.83. The molecular weight excluding hydrogens is 174 g/mol. The minimum absolute atomic E-state index is 0.389. The van der Waals surface area contributed by atoms with Crippen LogP contribution in [0, 0.1) is 0 Å². The molecule has 0 radical (unpaired) electrons. The Balaban J connectivity index is 4.84. The third-order valence-corrected chi connectivity index (χ3v) is 1.41. The van der Waals surface area contributed by atoms with Crippen molar-refractivity contribution in [3.63, 3.8) is 0 Å². The third kappa shape index (κ3) is 4.40. The molecule has 0 aromatic carbocycles. The number of rotatable bonds is 5. The Labute approximate surface area is 85.5 Å². The molecule has 0 aromatic rings. The summed E-state index contributed by atoms with van der Waals surface area (Å²) in [6.45, 7) is 11.0. The first kappa shape index (κ1) is 12.4. The molecule has 76 valence electrons. The maximum absolute atomic E-state index is 5.69. The molecule has 0 saturated carbocycles. The van der Waals surface area contributed by atoms with Gasteiger partial charge in [0.1, 0.15) is 11.5 Å². The van der Waals surface area contributed by atoms with E-state index in [0.717, 1.165) is 5.57 Å². The Morgan fingerprint density at radius 2 is 2.07 bits per heavy atom. The molecule has 14 heavy (non-hydrogen) atoms. The Bertz CT molecular complexity index is 296. The van der Waals surface area contributed by atoms with Gasteiger partial charge in [0.2, 0.25) is 0 Å². The van der Waals surface area contributed by atoms with Gasteiger partial charge in [-0.05, 0) is 19.4 Å². The van der Waals surface area contributed by atoms with Crippen LogP contribution in [0.5, 0.6) is 0 Å². The number of aliphatic imine (C=N–C) groups is 2. The molecule has 3 nitrogen and oxygen atoms in total. The second-order valence-electron chi connectivity index (χ2n) is 2.74. The Morgan fingerprint density at radius 1 is 1.43 bits per heavy atom. The van der Waals surface area contributed by atoms with Crippen molar-refractivity contribution in [1.82, 2.24) is 0 Å². The molecule has 0 atom stereocenters. The number of hydrogen-bond donors (Lipinski definition) is 1. The van der Waals surface area contributed by atoms with Crippen molar-refractivity contribution >= 4 is 12.4 Å². The van der Waals surface area contributed by atoms with E-state index in [9.17, 15) is 0 Å². The maximum Gasteiger partial charge on any atom is 0.149 e. The van der Waals surface area contributed by atoms with Gasteiger partial charge in [-0.25, -0.2) is 4.99 Å². The first-order chi connectivity index (χ1) is 6.63. The van der Waals surface area contributed by atoms with Crippen LogP contribution in [0.2, 0.25) is 0 Å². The fourth-order valence-corrected chi connectivity index (χ4v) is 0.814. The van der Waals surface area contributed by atoms with Gasteiger partial charge in [0, 0.05) is 18.9 Å². The van der Waals surface area contributed by atoms with Gasteiger partial charge < -0.3 is 5.73 Å². The van der Waals surface area contributed by atoms with E-state index in [0.29, 0.717) is 17.9 Å². The second kappa shape index (κ2) is 6.83. The van der Waals surface area contributed by atoms with E-state index in [1.54, 1.807) is 25.4 Å². The predicted octanol–water partition coefficient (Wildman–Crippen LogP) is 2.43. The zero-order valence-corrected chi connectivity index (χ0v) is 8.83. The summed E-state index contributed by atoms with van der Waals surface area (Å²) >= 11 is 0. The van der Waals surface area contributed by atoms with Crippen LogP contribution < -0.4 is 5.73 Å². The highest BCUT2D eigenvalue weighted by Crippen LogP contribution is 2.11. The molecule has 0 aliphatic rings. The highest BCUT2D eigenvalue weighted by molar-refractivity contribution is 5.63. The van der Waals surface area contributed by atoms with Gasteiger partial charge in [0.05, 0.1) is 0 Å². The fraction of sp³-hybridized carbons (Fsp3) is 0.273. The number of nitrogens with zero attached hydrogens (tertiary/aromatic N) is 2. The minimum Gasteiger partial charge on any atom is -0.382 e. The lowest BCUT2D eigenvalue weighted by atomic mass is 10.2. The van der Waals surface area contributed by atoms with E-state index in [2.05, 4.69) is 23.1 Å². The molecule has 0 rings (SSSR count). The molecule has 0 spiro atoms. The molecule has 0 aromatic heterocycles. The van der Waals surface area contributed by atoms with Crippen LogP contribution >= 0.6 is 0 Å². The summed E-state index contributed by atoms with van der Waals surface area (Å²) in [7, 11) is 0. The van der Waals surface area contributed by atoms with Crippen LogP contribution in [-0.2, 0) is 0 Å². The molecule has 0 amide bonds. The van der Waals surface area contributed by atoms with Crippen molar-refractivity contribution in [2.75, 3.05) is 0 Å². The van der Waals surface area contributed by atoms with Gasteiger partial charge in [-0.1, -0.05) is 12.7 Å². The highest BCUT2D eigenvalue weighted by atomic mass is 14.9. The lowest BCUT2D eigenvalue weighted by Crippen LogP contribution is -2.00. The molecule has 0 aliphatic heterocycles. The number of nitrogens with two attached hydrogens (primary N) is 1. The van der Waals surface area contributed by atoms with E-state index >= 15 is 0 Å². The molecule has 2 N–H and O–H groups in total. The smallest absolute Gasteiger partial charge is 0.149 e. The van der Waals surface area contributed by atoms with Crippen LogP contribution in [0.3, 0.4) is 0 Å². The lowest BCUT2D eigenvalue weighted by molar-refractivity contribution is 1.13. The van der Waals surface area contributed by atoms with Crippen molar-refractivity contribution in [3.05, 3.63) is 36.3 Å². The molecule has 0 fully saturated rings. The minimum atomic E-state index is 0.389. The lowest BCUT2D eigenvalue weighted by Gasteiger charge is -2.02. The Kier molecular flexibility index (Phi) is 6.03. The Hall–Kier alpha value is -1.64. The monoisotopic (exact) mass is 191 g/mol. The largest absolute Gasteiger partial charge is 0.382 e. The van der Waals surface area contributed by atoms with Gasteiger partial charge in [-0.3, -0.25) is 4.99 Å². The van der Waals surface area contributed by atoms with E-state index in [-0.39, 0.29) is 0 Å². The summed E-state index contributed by atoms with van der Waals surface area (Å²) in [6, 6.07) is 0. The van der Waals surface area contributed by atoms with Gasteiger partial charge >= 0.3 is 0 Å². The molecule has 0 bridgehead atoms. The van der Waals surface area contributed by atoms with E-state index < -0.39 is 0 Å². The van der Waals surface area contributed by atoms with Gasteiger partial charge in [-0.15, -0.1) is 6.58 Å². The fourth-order valence-electron chi connectivity index (χ4n) is 0.814. The first-order valence-electron chi connectivity index (χ1n) is 4.41. The topological polar surface area (TPSA) is 50.7 Å². The highest BCUT2D eigenvalue weighted by Gasteiger charge is 1.99. The molecule has 0 heterocycles. The molecule has 0 aliphatic carbocycles. The summed E-state index contributed by atoms with van der Waals surface area (Å²) in [4.78, 5) is 8.13. The van der Waals surface area contributed by atoms with Gasteiger partial charge in [0.15, 0.2) is 0 Å². The third-order valence-electron chi connectivity index (χ3n) is 1.41. The van der Waals surface area contributed by atoms with Gasteiger partial charge in [-0.2, -0.15) is 0 Å². The van der Waals surface area contributed by atoms with Crippen molar-refractivity contribution in [2.24, 2.45) is 15.7 Å². The van der Waals surface area contributed by atoms with Crippen molar-refractivity contribution in [1.29, 1.82) is 0 Å². The van der Waals surface area contributed by atoms with Crippen LogP contribution in [0.15, 0.2) is 46.3 Å². The van der Waals surface area contributed by atoms with Crippen LogP contribution in [0.4, 0.5) is 0 Å². The Morgan fingerprint density at radius 3 is 2.50 bits per heavy atom. The van der Waals surface area contributed by atoms with E-state index in [1.165, 1.54) is 0 Å². The van der Waals surface area contributed by atoms with Gasteiger partial charge in [0.25, 0.3) is 0 Å². The van der Waals surface area contributed by atoms with Crippen molar-refractivity contribution in [3.8, 4) is 0 Å². The van der Waals surface area contributed by atoms with Crippen LogP contribution in [0.1, 0.15) is 20.3 Å². The molecule has 3 heteroatoms. The quantitative estimate of drug-likeness (QED) is 0.405. The first-order valence-corrected chi connectivity index (χ1v) is 4.41. The number of hydrogen-bond acceptors (Lipinski definition) is 3. The van der Waals surface area contributed by atoms with Crippen LogP contribution in [0.25, 0.3) is 0 Å². The summed E-state index contributed by atoms with van der Waals surface area (Å²) < 4.78 is 0. The van der Waals surface area contributed by atoms with Crippen molar-refractivity contribution in [2.45, 2.75) is 20.3 Å². The predicted molar refractivity (Wildman–Crippen MR) is 63.5 cm³/mol. The number of allylic oxidation sites excluding steroid dienone is 2. The second-order valence-corrected chi connectivity index (χ2v) is 2.74. The summed E-state index contributed by atoms with van der Waals surface area (Å²) in [5, 5.41) is 0. The standard InChI is InChI=1S/C11H17N3/c1-5-7-8-14-10(9(3)4)11(12)13-6-2/h5-6,8H,1,3,7,12H2,2,4H3/b11-10+,13-6?,14-8?. The SMILES string of the molecule is C=CCC=N/C(C(=C)C)=C(\N)N=CC. The average molecular weight is 191 g/mol. The van der Waals surface area contributed by atoms with Crippen LogP contribution in [-0.4, -0.2) is 12.4 Å².